The molecule has 2 atom stereocenters. The molecular formula is C23H24N4O2S. The SMILES string of the molecule is COC(=O)c1cccc(-n2cccc2[C@H]2[C@H](c3ccccn3)NC(=S)N2C(C)C)c1. The Labute approximate surface area is 181 Å². The number of esters is 1. The van der Waals surface area contributed by atoms with Gasteiger partial charge in [-0.2, -0.15) is 0 Å². The fourth-order valence-electron chi connectivity index (χ4n) is 4.01. The van der Waals surface area contributed by atoms with Crippen LogP contribution in [0.15, 0.2) is 67.0 Å². The molecule has 6 nitrogen and oxygen atoms in total. The first-order chi connectivity index (χ1) is 14.5. The van der Waals surface area contributed by atoms with Crippen LogP contribution in [0.3, 0.4) is 0 Å². The second kappa shape index (κ2) is 8.28. The van der Waals surface area contributed by atoms with Gasteiger partial charge in [0.05, 0.1) is 30.5 Å². The second-order valence-corrected chi connectivity index (χ2v) is 7.86. The Morgan fingerprint density at radius 1 is 1.17 bits per heavy atom. The van der Waals surface area contributed by atoms with Crippen LogP contribution in [0.25, 0.3) is 5.69 Å². The number of carbonyl (C=O) groups is 1. The van der Waals surface area contributed by atoms with Crippen LogP contribution in [0.2, 0.25) is 0 Å². The molecular weight excluding hydrogens is 396 g/mol. The molecule has 7 heteroatoms. The number of benzene rings is 1. The van der Waals surface area contributed by atoms with Gasteiger partial charge < -0.3 is 19.5 Å². The lowest BCUT2D eigenvalue weighted by molar-refractivity contribution is 0.0600. The molecule has 1 N–H and O–H groups in total. The standard InChI is InChI=1S/C23H24N4O2S/c1-15(2)27-21(20(25-23(27)30)18-10-4-5-12-24-18)19-11-7-13-26(19)17-9-6-8-16(14-17)22(28)29-3/h4-15,20-21H,1-3H3,(H,25,30)/t20-,21-/m0/s1. The van der Waals surface area contributed by atoms with Gasteiger partial charge in [-0.15, -0.1) is 0 Å². The van der Waals surface area contributed by atoms with E-state index in [9.17, 15) is 4.79 Å². The Kier molecular flexibility index (Phi) is 5.55. The maximum Gasteiger partial charge on any atom is 0.337 e. The van der Waals surface area contributed by atoms with Gasteiger partial charge in [0.2, 0.25) is 0 Å². The number of pyridine rings is 1. The predicted molar refractivity (Wildman–Crippen MR) is 120 cm³/mol. The van der Waals surface area contributed by atoms with Crippen molar-refractivity contribution < 1.29 is 9.53 Å². The summed E-state index contributed by atoms with van der Waals surface area (Å²) >= 11 is 5.69. The van der Waals surface area contributed by atoms with E-state index in [0.29, 0.717) is 10.7 Å². The predicted octanol–water partition coefficient (Wildman–Crippen LogP) is 4.04. The van der Waals surface area contributed by atoms with E-state index in [4.69, 9.17) is 17.0 Å². The Morgan fingerprint density at radius 2 is 2.00 bits per heavy atom. The Bertz CT molecular complexity index is 1060. The van der Waals surface area contributed by atoms with Crippen LogP contribution < -0.4 is 5.32 Å². The van der Waals surface area contributed by atoms with Crippen molar-refractivity contribution in [1.82, 2.24) is 19.8 Å². The maximum atomic E-state index is 12.0. The van der Waals surface area contributed by atoms with Crippen LogP contribution in [0, 0.1) is 0 Å². The molecule has 4 rings (SSSR count). The summed E-state index contributed by atoms with van der Waals surface area (Å²) in [6, 6.07) is 17.5. The molecule has 0 saturated carbocycles. The lowest BCUT2D eigenvalue weighted by atomic mass is 10.00. The topological polar surface area (TPSA) is 59.4 Å². The monoisotopic (exact) mass is 420 g/mol. The van der Waals surface area contributed by atoms with Gasteiger partial charge in [-0.25, -0.2) is 4.79 Å². The van der Waals surface area contributed by atoms with Crippen LogP contribution in [0.4, 0.5) is 0 Å². The Balaban J connectivity index is 1.82. The summed E-state index contributed by atoms with van der Waals surface area (Å²) in [7, 11) is 1.39. The third-order valence-electron chi connectivity index (χ3n) is 5.32. The first-order valence-corrected chi connectivity index (χ1v) is 10.3. The van der Waals surface area contributed by atoms with Crippen LogP contribution >= 0.6 is 12.2 Å². The molecule has 0 spiro atoms. The molecule has 3 heterocycles. The third kappa shape index (κ3) is 3.57. The molecule has 0 amide bonds. The van der Waals surface area contributed by atoms with Gasteiger partial charge in [0, 0.05) is 29.8 Å². The zero-order valence-corrected chi connectivity index (χ0v) is 18.0. The van der Waals surface area contributed by atoms with Crippen molar-refractivity contribution in [3.05, 3.63) is 83.9 Å². The van der Waals surface area contributed by atoms with Crippen molar-refractivity contribution in [3.63, 3.8) is 0 Å². The van der Waals surface area contributed by atoms with E-state index in [1.165, 1.54) is 7.11 Å². The van der Waals surface area contributed by atoms with Gasteiger partial charge in [0.15, 0.2) is 5.11 Å². The first-order valence-electron chi connectivity index (χ1n) is 9.87. The Morgan fingerprint density at radius 3 is 2.70 bits per heavy atom. The Hall–Kier alpha value is -3.19. The van der Waals surface area contributed by atoms with E-state index in [-0.39, 0.29) is 24.1 Å². The summed E-state index contributed by atoms with van der Waals surface area (Å²) in [5.41, 5.74) is 3.40. The van der Waals surface area contributed by atoms with E-state index in [1.807, 2.05) is 48.7 Å². The third-order valence-corrected chi connectivity index (χ3v) is 5.65. The van der Waals surface area contributed by atoms with Crippen molar-refractivity contribution in [1.29, 1.82) is 0 Å². The fraction of sp³-hybridized carbons (Fsp3) is 0.261. The quantitative estimate of drug-likeness (QED) is 0.497. The van der Waals surface area contributed by atoms with Crippen molar-refractivity contribution in [2.45, 2.75) is 32.0 Å². The lowest BCUT2D eigenvalue weighted by Gasteiger charge is -2.31. The second-order valence-electron chi connectivity index (χ2n) is 7.47. The number of methoxy groups -OCH3 is 1. The van der Waals surface area contributed by atoms with Gasteiger partial charge in [0.1, 0.15) is 0 Å². The summed E-state index contributed by atoms with van der Waals surface area (Å²) in [5, 5.41) is 4.17. The van der Waals surface area contributed by atoms with Gasteiger partial charge in [0.25, 0.3) is 0 Å². The summed E-state index contributed by atoms with van der Waals surface area (Å²) in [4.78, 5) is 18.8. The number of ether oxygens (including phenoxy) is 1. The molecule has 3 aromatic rings. The number of nitrogens with zero attached hydrogens (tertiary/aromatic N) is 3. The van der Waals surface area contributed by atoms with E-state index >= 15 is 0 Å². The zero-order valence-electron chi connectivity index (χ0n) is 17.1. The number of rotatable bonds is 5. The molecule has 0 bridgehead atoms. The highest BCUT2D eigenvalue weighted by molar-refractivity contribution is 7.80. The van der Waals surface area contributed by atoms with Crippen LogP contribution in [0.5, 0.6) is 0 Å². The average molecular weight is 421 g/mol. The molecule has 1 fully saturated rings. The molecule has 0 unspecified atom stereocenters. The molecule has 0 aliphatic carbocycles. The largest absolute Gasteiger partial charge is 0.465 e. The molecule has 1 aromatic carbocycles. The highest BCUT2D eigenvalue weighted by atomic mass is 32.1. The zero-order chi connectivity index (χ0) is 21.3. The van der Waals surface area contributed by atoms with Crippen molar-refractivity contribution >= 4 is 23.3 Å². The number of carbonyl (C=O) groups excluding carboxylic acids is 1. The van der Waals surface area contributed by atoms with Gasteiger partial charge >= 0.3 is 5.97 Å². The number of nitrogens with one attached hydrogen (secondary N) is 1. The molecule has 30 heavy (non-hydrogen) atoms. The smallest absolute Gasteiger partial charge is 0.337 e. The summed E-state index contributed by atoms with van der Waals surface area (Å²) in [6.07, 6.45) is 3.80. The van der Waals surface area contributed by atoms with Crippen molar-refractivity contribution in [3.8, 4) is 5.69 Å². The summed E-state index contributed by atoms with van der Waals surface area (Å²) < 4.78 is 6.98. The lowest BCUT2D eigenvalue weighted by Crippen LogP contribution is -2.36. The van der Waals surface area contributed by atoms with Gasteiger partial charge in [-0.05, 0) is 68.5 Å². The van der Waals surface area contributed by atoms with Crippen LogP contribution in [-0.2, 0) is 4.74 Å². The minimum atomic E-state index is -0.357. The molecule has 154 valence electrons. The van der Waals surface area contributed by atoms with E-state index in [2.05, 4.69) is 39.7 Å². The highest BCUT2D eigenvalue weighted by Gasteiger charge is 2.42. The number of thiocarbonyl (C=S) groups is 1. The summed E-state index contributed by atoms with van der Waals surface area (Å²) in [6.45, 7) is 4.26. The molecule has 2 aromatic heterocycles. The van der Waals surface area contributed by atoms with E-state index in [0.717, 1.165) is 17.1 Å². The minimum Gasteiger partial charge on any atom is -0.465 e. The number of hydrogen-bond donors (Lipinski definition) is 1. The average Bonchev–Trinajstić information content (AvgIpc) is 3.38. The van der Waals surface area contributed by atoms with Crippen molar-refractivity contribution in [2.24, 2.45) is 0 Å². The molecule has 1 aliphatic heterocycles. The molecule has 1 saturated heterocycles. The summed E-state index contributed by atoms with van der Waals surface area (Å²) in [5.74, 6) is -0.357. The molecule has 0 radical (unpaired) electrons. The van der Waals surface area contributed by atoms with Crippen molar-refractivity contribution in [2.75, 3.05) is 7.11 Å². The fourth-order valence-corrected chi connectivity index (χ4v) is 4.46. The van der Waals surface area contributed by atoms with Gasteiger partial charge in [-0.1, -0.05) is 12.1 Å². The maximum absolute atomic E-state index is 12.0. The normalized spacial score (nSPS) is 18.5. The van der Waals surface area contributed by atoms with E-state index < -0.39 is 0 Å². The van der Waals surface area contributed by atoms with Crippen LogP contribution in [0.1, 0.15) is 47.7 Å². The number of aromatic nitrogens is 2. The first kappa shape index (κ1) is 20.1. The number of hydrogen-bond acceptors (Lipinski definition) is 4. The van der Waals surface area contributed by atoms with Crippen LogP contribution in [-0.4, -0.2) is 38.7 Å². The van der Waals surface area contributed by atoms with E-state index in [1.54, 1.807) is 12.3 Å². The minimum absolute atomic E-state index is 0.0517. The molecule has 1 aliphatic rings. The van der Waals surface area contributed by atoms with Gasteiger partial charge in [-0.3, -0.25) is 4.98 Å². The highest BCUT2D eigenvalue weighted by Crippen LogP contribution is 2.40.